The SMILES string of the molecule is COC(=O)C(CC(C)C)NC(=O)CCCOc1cccc(Br)c1. The third kappa shape index (κ3) is 8.02. The number of carbonyl (C=O) groups is 2. The Kier molecular flexibility index (Phi) is 8.69. The molecule has 23 heavy (non-hydrogen) atoms. The molecular formula is C17H24BrNO4. The molecule has 1 rings (SSSR count). The average molecular weight is 386 g/mol. The van der Waals surface area contributed by atoms with Crippen LogP contribution in [0.25, 0.3) is 0 Å². The molecular weight excluding hydrogens is 362 g/mol. The van der Waals surface area contributed by atoms with E-state index in [-0.39, 0.29) is 5.91 Å². The van der Waals surface area contributed by atoms with Gasteiger partial charge in [-0.2, -0.15) is 0 Å². The number of nitrogens with one attached hydrogen (secondary N) is 1. The summed E-state index contributed by atoms with van der Waals surface area (Å²) >= 11 is 3.37. The number of carbonyl (C=O) groups excluding carboxylic acids is 2. The van der Waals surface area contributed by atoms with Crippen LogP contribution in [0.3, 0.4) is 0 Å². The number of hydrogen-bond acceptors (Lipinski definition) is 4. The maximum Gasteiger partial charge on any atom is 0.328 e. The van der Waals surface area contributed by atoms with Gasteiger partial charge in [0, 0.05) is 10.9 Å². The molecule has 0 aliphatic carbocycles. The third-order valence-electron chi connectivity index (χ3n) is 3.14. The molecule has 0 aliphatic rings. The number of methoxy groups -OCH3 is 1. The zero-order valence-corrected chi connectivity index (χ0v) is 15.4. The van der Waals surface area contributed by atoms with Crippen LogP contribution < -0.4 is 10.1 Å². The lowest BCUT2D eigenvalue weighted by atomic mass is 10.0. The molecule has 1 unspecified atom stereocenters. The lowest BCUT2D eigenvalue weighted by Gasteiger charge is -2.18. The number of hydrogen-bond donors (Lipinski definition) is 1. The number of rotatable bonds is 9. The van der Waals surface area contributed by atoms with Crippen LogP contribution >= 0.6 is 15.9 Å². The summed E-state index contributed by atoms with van der Waals surface area (Å²) in [4.78, 5) is 23.6. The predicted molar refractivity (Wildman–Crippen MR) is 92.3 cm³/mol. The second-order valence-electron chi connectivity index (χ2n) is 5.68. The first-order chi connectivity index (χ1) is 10.9. The molecule has 1 aromatic rings. The van der Waals surface area contributed by atoms with Gasteiger partial charge in [0.2, 0.25) is 5.91 Å². The fourth-order valence-corrected chi connectivity index (χ4v) is 2.45. The summed E-state index contributed by atoms with van der Waals surface area (Å²) in [5.41, 5.74) is 0. The van der Waals surface area contributed by atoms with E-state index < -0.39 is 12.0 Å². The van der Waals surface area contributed by atoms with Crippen LogP contribution in [-0.2, 0) is 14.3 Å². The first kappa shape index (κ1) is 19.5. The van der Waals surface area contributed by atoms with Crippen molar-refractivity contribution in [3.63, 3.8) is 0 Å². The highest BCUT2D eigenvalue weighted by atomic mass is 79.9. The van der Waals surface area contributed by atoms with Crippen LogP contribution in [-0.4, -0.2) is 31.6 Å². The highest BCUT2D eigenvalue weighted by Crippen LogP contribution is 2.17. The topological polar surface area (TPSA) is 64.6 Å². The molecule has 1 atom stereocenters. The zero-order valence-electron chi connectivity index (χ0n) is 13.8. The third-order valence-corrected chi connectivity index (χ3v) is 3.63. The Bertz CT molecular complexity index is 519. The van der Waals surface area contributed by atoms with Crippen molar-refractivity contribution in [1.29, 1.82) is 0 Å². The smallest absolute Gasteiger partial charge is 0.328 e. The van der Waals surface area contributed by atoms with E-state index in [2.05, 4.69) is 21.2 Å². The molecule has 5 nitrogen and oxygen atoms in total. The largest absolute Gasteiger partial charge is 0.494 e. The van der Waals surface area contributed by atoms with E-state index >= 15 is 0 Å². The number of benzene rings is 1. The van der Waals surface area contributed by atoms with Crippen LogP contribution in [0.1, 0.15) is 33.1 Å². The van der Waals surface area contributed by atoms with Crippen LogP contribution in [0.4, 0.5) is 0 Å². The maximum absolute atomic E-state index is 11.9. The summed E-state index contributed by atoms with van der Waals surface area (Å²) in [6, 6.07) is 6.95. The van der Waals surface area contributed by atoms with Gasteiger partial charge in [0.25, 0.3) is 0 Å². The number of halogens is 1. The Hall–Kier alpha value is -1.56. The van der Waals surface area contributed by atoms with Gasteiger partial charge in [-0.1, -0.05) is 35.8 Å². The fourth-order valence-electron chi connectivity index (χ4n) is 2.07. The van der Waals surface area contributed by atoms with E-state index in [9.17, 15) is 9.59 Å². The second-order valence-corrected chi connectivity index (χ2v) is 6.60. The molecule has 0 aliphatic heterocycles. The molecule has 0 spiro atoms. The Morgan fingerprint density at radius 3 is 2.65 bits per heavy atom. The van der Waals surface area contributed by atoms with Gasteiger partial charge in [-0.15, -0.1) is 0 Å². The normalized spacial score (nSPS) is 11.9. The fraction of sp³-hybridized carbons (Fsp3) is 0.529. The van der Waals surface area contributed by atoms with Crippen molar-refractivity contribution in [1.82, 2.24) is 5.32 Å². The van der Waals surface area contributed by atoms with Crippen molar-refractivity contribution in [3.8, 4) is 5.75 Å². The molecule has 0 saturated heterocycles. The van der Waals surface area contributed by atoms with E-state index in [1.54, 1.807) is 0 Å². The second kappa shape index (κ2) is 10.3. The van der Waals surface area contributed by atoms with Gasteiger partial charge < -0.3 is 14.8 Å². The maximum atomic E-state index is 11.9. The first-order valence-electron chi connectivity index (χ1n) is 7.68. The number of amides is 1. The summed E-state index contributed by atoms with van der Waals surface area (Å²) in [6.07, 6.45) is 1.44. The van der Waals surface area contributed by atoms with E-state index in [0.29, 0.717) is 31.8 Å². The Morgan fingerprint density at radius 1 is 1.30 bits per heavy atom. The van der Waals surface area contributed by atoms with Gasteiger partial charge in [0.15, 0.2) is 0 Å². The summed E-state index contributed by atoms with van der Waals surface area (Å²) in [5, 5.41) is 2.73. The molecule has 0 fully saturated rings. The van der Waals surface area contributed by atoms with Crippen LogP contribution in [0.15, 0.2) is 28.7 Å². The van der Waals surface area contributed by atoms with Crippen LogP contribution in [0, 0.1) is 5.92 Å². The summed E-state index contributed by atoms with van der Waals surface area (Å²) in [7, 11) is 1.33. The highest BCUT2D eigenvalue weighted by molar-refractivity contribution is 9.10. The van der Waals surface area contributed by atoms with E-state index in [1.165, 1.54) is 7.11 Å². The van der Waals surface area contributed by atoms with Crippen LogP contribution in [0.2, 0.25) is 0 Å². The van der Waals surface area contributed by atoms with Gasteiger partial charge in [0.05, 0.1) is 13.7 Å². The summed E-state index contributed by atoms with van der Waals surface area (Å²) in [5.74, 6) is 0.475. The van der Waals surface area contributed by atoms with Crippen molar-refractivity contribution < 1.29 is 19.1 Å². The van der Waals surface area contributed by atoms with Gasteiger partial charge in [0.1, 0.15) is 11.8 Å². The summed E-state index contributed by atoms with van der Waals surface area (Å²) in [6.45, 7) is 4.43. The predicted octanol–water partition coefficient (Wildman–Crippen LogP) is 3.31. The van der Waals surface area contributed by atoms with Gasteiger partial charge in [-0.25, -0.2) is 4.79 Å². The van der Waals surface area contributed by atoms with Gasteiger partial charge >= 0.3 is 5.97 Å². The quantitative estimate of drug-likeness (QED) is 0.523. The van der Waals surface area contributed by atoms with Gasteiger partial charge in [-0.3, -0.25) is 4.79 Å². The Morgan fingerprint density at radius 2 is 2.04 bits per heavy atom. The van der Waals surface area contributed by atoms with E-state index in [1.807, 2.05) is 38.1 Å². The Balaban J connectivity index is 2.33. The van der Waals surface area contributed by atoms with Gasteiger partial charge in [-0.05, 0) is 37.0 Å². The van der Waals surface area contributed by atoms with Crippen molar-refractivity contribution in [2.75, 3.05) is 13.7 Å². The average Bonchev–Trinajstić information content (AvgIpc) is 2.50. The minimum atomic E-state index is -0.585. The molecule has 0 bridgehead atoms. The van der Waals surface area contributed by atoms with E-state index in [0.717, 1.165) is 10.2 Å². The minimum Gasteiger partial charge on any atom is -0.494 e. The number of ether oxygens (including phenoxy) is 2. The first-order valence-corrected chi connectivity index (χ1v) is 8.47. The van der Waals surface area contributed by atoms with Crippen LogP contribution in [0.5, 0.6) is 5.75 Å². The van der Waals surface area contributed by atoms with Crippen molar-refractivity contribution in [3.05, 3.63) is 28.7 Å². The minimum absolute atomic E-state index is 0.168. The molecule has 0 heterocycles. The van der Waals surface area contributed by atoms with Crippen molar-refractivity contribution in [2.45, 2.75) is 39.2 Å². The highest BCUT2D eigenvalue weighted by Gasteiger charge is 2.22. The molecule has 1 N–H and O–H groups in total. The molecule has 128 valence electrons. The molecule has 1 amide bonds. The Labute approximate surface area is 145 Å². The standard InChI is InChI=1S/C17H24BrNO4/c1-12(2)10-15(17(21)22-3)19-16(20)8-5-9-23-14-7-4-6-13(18)11-14/h4,6-7,11-12,15H,5,8-10H2,1-3H3,(H,19,20). The molecule has 0 saturated carbocycles. The lowest BCUT2D eigenvalue weighted by molar-refractivity contribution is -0.145. The molecule has 1 aromatic carbocycles. The number of esters is 1. The monoisotopic (exact) mass is 385 g/mol. The van der Waals surface area contributed by atoms with Crippen molar-refractivity contribution in [2.24, 2.45) is 5.92 Å². The zero-order chi connectivity index (χ0) is 17.2. The van der Waals surface area contributed by atoms with Crippen molar-refractivity contribution >= 4 is 27.8 Å². The summed E-state index contributed by atoms with van der Waals surface area (Å²) < 4.78 is 11.2. The molecule has 0 aromatic heterocycles. The lowest BCUT2D eigenvalue weighted by Crippen LogP contribution is -2.42. The van der Waals surface area contributed by atoms with E-state index in [4.69, 9.17) is 9.47 Å². The molecule has 0 radical (unpaired) electrons. The molecule has 6 heteroatoms.